The van der Waals surface area contributed by atoms with Crippen molar-refractivity contribution in [1.82, 2.24) is 0 Å². The summed E-state index contributed by atoms with van der Waals surface area (Å²) in [6.45, 7) is 3.52. The molecule has 0 aliphatic carbocycles. The first-order chi connectivity index (χ1) is 8.69. The van der Waals surface area contributed by atoms with Crippen LogP contribution in [0, 0.1) is 5.92 Å². The van der Waals surface area contributed by atoms with E-state index in [1.807, 2.05) is 0 Å². The minimum atomic E-state index is -3.29. The monoisotopic (exact) mass is 285 g/mol. The quantitative estimate of drug-likeness (QED) is 0.750. The number of benzene rings is 1. The van der Waals surface area contributed by atoms with Crippen molar-refractivity contribution in [3.8, 4) is 0 Å². The average Bonchev–Trinajstić information content (AvgIpc) is 2.28. The van der Waals surface area contributed by atoms with Crippen molar-refractivity contribution in [2.24, 2.45) is 11.7 Å². The Bertz CT molecular complexity index is 538. The zero-order valence-electron chi connectivity index (χ0n) is 11.2. The van der Waals surface area contributed by atoms with Gasteiger partial charge in [-0.25, -0.2) is 8.42 Å². The molecule has 0 heterocycles. The summed E-state index contributed by atoms with van der Waals surface area (Å²) in [5.74, 6) is -0.465. The van der Waals surface area contributed by atoms with Gasteiger partial charge in [0.05, 0.1) is 12.2 Å². The number of anilines is 2. The normalized spacial score (nSPS) is 14.5. The molecule has 0 fully saturated rings. The van der Waals surface area contributed by atoms with Gasteiger partial charge in [0.1, 0.15) is 0 Å². The topological polar surface area (TPSA) is 101 Å². The number of rotatable bonds is 5. The van der Waals surface area contributed by atoms with Crippen LogP contribution in [-0.4, -0.2) is 26.6 Å². The third-order valence-corrected chi connectivity index (χ3v) is 3.26. The fraction of sp³-hybridized carbons (Fsp3) is 0.417. The fourth-order valence-corrected chi connectivity index (χ4v) is 1.89. The van der Waals surface area contributed by atoms with Gasteiger partial charge < -0.3 is 11.1 Å². The van der Waals surface area contributed by atoms with Crippen LogP contribution in [0.2, 0.25) is 0 Å². The Balaban J connectivity index is 2.70. The van der Waals surface area contributed by atoms with E-state index in [0.717, 1.165) is 6.26 Å². The van der Waals surface area contributed by atoms with Crippen molar-refractivity contribution in [3.05, 3.63) is 24.3 Å². The maximum absolute atomic E-state index is 11.8. The summed E-state index contributed by atoms with van der Waals surface area (Å²) in [7, 11) is -3.29. The first-order valence-electron chi connectivity index (χ1n) is 5.83. The molecule has 0 spiro atoms. The number of hydrogen-bond acceptors (Lipinski definition) is 4. The molecule has 1 rings (SSSR count). The highest BCUT2D eigenvalue weighted by molar-refractivity contribution is 7.92. The minimum Gasteiger partial charge on any atom is -0.327 e. The molecule has 0 saturated heterocycles. The van der Waals surface area contributed by atoms with Crippen LogP contribution < -0.4 is 15.8 Å². The molecule has 0 radical (unpaired) electrons. The summed E-state index contributed by atoms with van der Waals surface area (Å²) in [5, 5.41) is 2.72. The second-order valence-corrected chi connectivity index (χ2v) is 6.34. The van der Waals surface area contributed by atoms with Gasteiger partial charge in [0, 0.05) is 17.4 Å². The smallest absolute Gasteiger partial charge is 0.229 e. The van der Waals surface area contributed by atoms with Crippen LogP contribution >= 0.6 is 0 Å². The maximum Gasteiger partial charge on any atom is 0.229 e. The Kier molecular flexibility index (Phi) is 4.90. The molecular weight excluding hydrogens is 266 g/mol. The average molecular weight is 285 g/mol. The van der Waals surface area contributed by atoms with Crippen molar-refractivity contribution in [3.63, 3.8) is 0 Å². The lowest BCUT2D eigenvalue weighted by Gasteiger charge is -2.15. The van der Waals surface area contributed by atoms with E-state index in [1.165, 1.54) is 0 Å². The Morgan fingerprint density at radius 1 is 1.16 bits per heavy atom. The number of amides is 1. The number of sulfonamides is 1. The van der Waals surface area contributed by atoms with E-state index < -0.39 is 10.0 Å². The second kappa shape index (κ2) is 6.03. The molecule has 0 bridgehead atoms. The van der Waals surface area contributed by atoms with Crippen LogP contribution in [0.15, 0.2) is 24.3 Å². The van der Waals surface area contributed by atoms with Gasteiger partial charge >= 0.3 is 0 Å². The minimum absolute atomic E-state index is 0.168. The van der Waals surface area contributed by atoms with Crippen molar-refractivity contribution in [2.75, 3.05) is 16.3 Å². The summed E-state index contributed by atoms with van der Waals surface area (Å²) in [5.41, 5.74) is 6.69. The van der Waals surface area contributed by atoms with E-state index in [2.05, 4.69) is 10.0 Å². The third-order valence-electron chi connectivity index (χ3n) is 2.66. The van der Waals surface area contributed by atoms with E-state index >= 15 is 0 Å². The van der Waals surface area contributed by atoms with Crippen LogP contribution in [0.1, 0.15) is 13.8 Å². The lowest BCUT2D eigenvalue weighted by Crippen LogP contribution is -2.34. The van der Waals surface area contributed by atoms with Gasteiger partial charge in [0.2, 0.25) is 15.9 Å². The van der Waals surface area contributed by atoms with Crippen molar-refractivity contribution in [2.45, 2.75) is 19.9 Å². The van der Waals surface area contributed by atoms with Gasteiger partial charge in [-0.1, -0.05) is 6.92 Å². The highest BCUT2D eigenvalue weighted by Gasteiger charge is 2.16. The molecule has 4 N–H and O–H groups in total. The summed E-state index contributed by atoms with van der Waals surface area (Å²) in [4.78, 5) is 11.8. The predicted molar refractivity (Wildman–Crippen MR) is 76.4 cm³/mol. The third kappa shape index (κ3) is 5.27. The molecule has 106 valence electrons. The summed E-state index contributed by atoms with van der Waals surface area (Å²) in [6, 6.07) is 6.17. The van der Waals surface area contributed by atoms with Crippen molar-refractivity contribution >= 4 is 27.3 Å². The first kappa shape index (κ1) is 15.5. The molecule has 0 aromatic heterocycles. The van der Waals surface area contributed by atoms with E-state index in [9.17, 15) is 13.2 Å². The molecule has 7 heteroatoms. The first-order valence-corrected chi connectivity index (χ1v) is 7.72. The van der Waals surface area contributed by atoms with E-state index in [-0.39, 0.29) is 17.9 Å². The van der Waals surface area contributed by atoms with E-state index in [0.29, 0.717) is 11.4 Å². The van der Waals surface area contributed by atoms with Gasteiger partial charge in [0.15, 0.2) is 0 Å². The van der Waals surface area contributed by atoms with Crippen LogP contribution in [0.3, 0.4) is 0 Å². The molecule has 6 nitrogen and oxygen atoms in total. The Hall–Kier alpha value is -1.60. The van der Waals surface area contributed by atoms with Crippen molar-refractivity contribution < 1.29 is 13.2 Å². The summed E-state index contributed by atoms with van der Waals surface area (Å²) < 4.78 is 24.4. The highest BCUT2D eigenvalue weighted by Crippen LogP contribution is 2.15. The van der Waals surface area contributed by atoms with Crippen LogP contribution in [-0.2, 0) is 14.8 Å². The molecule has 1 aromatic carbocycles. The lowest BCUT2D eigenvalue weighted by molar-refractivity contribution is -0.119. The fourth-order valence-electron chi connectivity index (χ4n) is 1.33. The number of carbonyl (C=O) groups is 1. The summed E-state index contributed by atoms with van der Waals surface area (Å²) >= 11 is 0. The molecule has 0 saturated carbocycles. The van der Waals surface area contributed by atoms with Crippen LogP contribution in [0.25, 0.3) is 0 Å². The Morgan fingerprint density at radius 3 is 2.05 bits per heavy atom. The predicted octanol–water partition coefficient (Wildman–Crippen LogP) is 0.980. The molecule has 0 aliphatic heterocycles. The summed E-state index contributed by atoms with van der Waals surface area (Å²) in [6.07, 6.45) is 1.08. The van der Waals surface area contributed by atoms with Gasteiger partial charge in [-0.15, -0.1) is 0 Å². The lowest BCUT2D eigenvalue weighted by atomic mass is 10.0. The zero-order chi connectivity index (χ0) is 14.6. The number of hydrogen-bond donors (Lipinski definition) is 3. The number of carbonyl (C=O) groups excluding carboxylic acids is 1. The Labute approximate surface area is 113 Å². The number of nitrogens with one attached hydrogen (secondary N) is 2. The molecule has 19 heavy (non-hydrogen) atoms. The molecule has 1 aromatic rings. The van der Waals surface area contributed by atoms with Gasteiger partial charge in [0.25, 0.3) is 0 Å². The van der Waals surface area contributed by atoms with E-state index in [4.69, 9.17) is 5.73 Å². The molecule has 0 aliphatic rings. The number of nitrogens with two attached hydrogens (primary N) is 1. The Morgan fingerprint density at radius 2 is 1.63 bits per heavy atom. The second-order valence-electron chi connectivity index (χ2n) is 4.59. The molecular formula is C12H19N3O3S. The van der Waals surface area contributed by atoms with Gasteiger partial charge in [-0.05, 0) is 31.2 Å². The maximum atomic E-state index is 11.8. The molecule has 2 unspecified atom stereocenters. The SMILES string of the molecule is CC(N)C(C)C(=O)Nc1ccc(NS(C)(=O)=O)cc1. The molecule has 2 atom stereocenters. The highest BCUT2D eigenvalue weighted by atomic mass is 32.2. The standard InChI is InChI=1S/C12H19N3O3S/c1-8(9(2)13)12(16)14-10-4-6-11(7-5-10)15-19(3,17)18/h4-9,15H,13H2,1-3H3,(H,14,16). The van der Waals surface area contributed by atoms with Crippen LogP contribution in [0.5, 0.6) is 0 Å². The van der Waals surface area contributed by atoms with Crippen LogP contribution in [0.4, 0.5) is 11.4 Å². The zero-order valence-corrected chi connectivity index (χ0v) is 12.0. The van der Waals surface area contributed by atoms with E-state index in [1.54, 1.807) is 38.1 Å². The van der Waals surface area contributed by atoms with Crippen molar-refractivity contribution in [1.29, 1.82) is 0 Å². The largest absolute Gasteiger partial charge is 0.327 e. The van der Waals surface area contributed by atoms with Gasteiger partial charge in [-0.3, -0.25) is 9.52 Å². The van der Waals surface area contributed by atoms with Gasteiger partial charge in [-0.2, -0.15) is 0 Å². The molecule has 1 amide bonds.